The molecule has 0 radical (unpaired) electrons. The minimum atomic E-state index is -0.202. The summed E-state index contributed by atoms with van der Waals surface area (Å²) in [4.78, 5) is 13.5. The van der Waals surface area contributed by atoms with E-state index in [0.717, 1.165) is 13.1 Å². The normalized spacial score (nSPS) is 15.7. The Kier molecular flexibility index (Phi) is 5.01. The summed E-state index contributed by atoms with van der Waals surface area (Å²) in [5.41, 5.74) is 2.44. The van der Waals surface area contributed by atoms with Crippen molar-refractivity contribution in [2.75, 3.05) is 25.1 Å². The molecule has 19 heavy (non-hydrogen) atoms. The van der Waals surface area contributed by atoms with Crippen LogP contribution in [-0.4, -0.2) is 26.2 Å². The number of hydrogen-bond donors (Lipinski definition) is 0. The van der Waals surface area contributed by atoms with Crippen molar-refractivity contribution in [2.45, 2.75) is 25.7 Å². The van der Waals surface area contributed by atoms with Gasteiger partial charge in [-0.15, -0.1) is 0 Å². The molecule has 3 heteroatoms. The quantitative estimate of drug-likeness (QED) is 0.777. The van der Waals surface area contributed by atoms with Crippen LogP contribution in [0.1, 0.15) is 31.2 Å². The molecule has 1 aliphatic rings. The van der Waals surface area contributed by atoms with Gasteiger partial charge < -0.3 is 9.64 Å². The first-order valence-corrected chi connectivity index (χ1v) is 6.88. The van der Waals surface area contributed by atoms with Crippen LogP contribution in [0.3, 0.4) is 0 Å². The number of esters is 1. The third kappa shape index (κ3) is 3.85. The fraction of sp³-hybridized carbons (Fsp3) is 0.438. The van der Waals surface area contributed by atoms with Gasteiger partial charge in [0.05, 0.1) is 13.5 Å². The Hall–Kier alpha value is -1.77. The number of carbonyl (C=O) groups is 1. The molecule has 1 aromatic carbocycles. The van der Waals surface area contributed by atoms with E-state index in [-0.39, 0.29) is 5.97 Å². The molecule has 2 rings (SSSR count). The summed E-state index contributed by atoms with van der Waals surface area (Å²) >= 11 is 0. The molecule has 0 bridgehead atoms. The first kappa shape index (κ1) is 13.7. The average Bonchev–Trinajstić information content (AvgIpc) is 2.48. The summed E-state index contributed by atoms with van der Waals surface area (Å²) in [7, 11) is 1.41. The van der Waals surface area contributed by atoms with Crippen molar-refractivity contribution >= 4 is 17.7 Å². The van der Waals surface area contributed by atoms with Gasteiger partial charge in [0.15, 0.2) is 0 Å². The summed E-state index contributed by atoms with van der Waals surface area (Å²) in [6, 6.07) is 8.35. The minimum absolute atomic E-state index is 0.202. The van der Waals surface area contributed by atoms with E-state index in [4.69, 9.17) is 0 Å². The number of rotatable bonds is 4. The van der Waals surface area contributed by atoms with Crippen LogP contribution in [-0.2, 0) is 9.53 Å². The Morgan fingerprint density at radius 2 is 2.00 bits per heavy atom. The number of para-hydroxylation sites is 1. The number of carbonyl (C=O) groups excluding carboxylic acids is 1. The highest BCUT2D eigenvalue weighted by atomic mass is 16.5. The Labute approximate surface area is 114 Å². The Morgan fingerprint density at radius 3 is 2.74 bits per heavy atom. The third-order valence-electron chi connectivity index (χ3n) is 3.44. The van der Waals surface area contributed by atoms with Gasteiger partial charge in [-0.25, -0.2) is 0 Å². The molecule has 0 atom stereocenters. The second kappa shape index (κ2) is 6.98. The fourth-order valence-electron chi connectivity index (χ4n) is 2.42. The smallest absolute Gasteiger partial charge is 0.309 e. The average molecular weight is 259 g/mol. The van der Waals surface area contributed by atoms with Crippen LogP contribution in [0.4, 0.5) is 5.69 Å². The number of piperidine rings is 1. The summed E-state index contributed by atoms with van der Waals surface area (Å²) in [5, 5.41) is 0. The van der Waals surface area contributed by atoms with Gasteiger partial charge in [0.25, 0.3) is 0 Å². The number of benzene rings is 1. The molecule has 1 saturated heterocycles. The van der Waals surface area contributed by atoms with Gasteiger partial charge in [-0.1, -0.05) is 30.4 Å². The number of nitrogens with zero attached hydrogens (tertiary/aromatic N) is 1. The van der Waals surface area contributed by atoms with Crippen molar-refractivity contribution in [3.8, 4) is 0 Å². The first-order valence-electron chi connectivity index (χ1n) is 6.88. The van der Waals surface area contributed by atoms with Crippen molar-refractivity contribution in [3.05, 3.63) is 35.9 Å². The topological polar surface area (TPSA) is 29.5 Å². The molecule has 102 valence electrons. The lowest BCUT2D eigenvalue weighted by Crippen LogP contribution is -2.29. The number of ether oxygens (including phenoxy) is 1. The largest absolute Gasteiger partial charge is 0.469 e. The van der Waals surface area contributed by atoms with E-state index in [1.165, 1.54) is 37.6 Å². The van der Waals surface area contributed by atoms with Crippen LogP contribution >= 0.6 is 0 Å². The maximum atomic E-state index is 11.1. The molecular weight excluding hydrogens is 238 g/mol. The van der Waals surface area contributed by atoms with E-state index < -0.39 is 0 Å². The van der Waals surface area contributed by atoms with Gasteiger partial charge in [0, 0.05) is 18.8 Å². The zero-order chi connectivity index (χ0) is 13.5. The molecule has 1 aliphatic heterocycles. The number of hydrogen-bond acceptors (Lipinski definition) is 3. The van der Waals surface area contributed by atoms with Gasteiger partial charge in [0.1, 0.15) is 0 Å². The van der Waals surface area contributed by atoms with E-state index in [0.29, 0.717) is 6.42 Å². The lowest BCUT2D eigenvalue weighted by atomic mass is 10.1. The molecule has 0 spiro atoms. The molecule has 3 nitrogen and oxygen atoms in total. The predicted molar refractivity (Wildman–Crippen MR) is 78.2 cm³/mol. The highest BCUT2D eigenvalue weighted by molar-refractivity contribution is 5.74. The predicted octanol–water partition coefficient (Wildman–Crippen LogP) is 3.25. The Bertz CT molecular complexity index is 448. The van der Waals surface area contributed by atoms with Crippen molar-refractivity contribution in [1.82, 2.24) is 0 Å². The molecule has 0 amide bonds. The van der Waals surface area contributed by atoms with E-state index in [2.05, 4.69) is 27.8 Å². The molecule has 0 unspecified atom stereocenters. The molecular formula is C16H21NO2. The highest BCUT2D eigenvalue weighted by Crippen LogP contribution is 2.25. The number of anilines is 1. The molecule has 0 N–H and O–H groups in total. The van der Waals surface area contributed by atoms with Gasteiger partial charge >= 0.3 is 5.97 Å². The third-order valence-corrected chi connectivity index (χ3v) is 3.44. The zero-order valence-corrected chi connectivity index (χ0v) is 11.5. The number of methoxy groups -OCH3 is 1. The van der Waals surface area contributed by atoms with Crippen molar-refractivity contribution in [1.29, 1.82) is 0 Å². The van der Waals surface area contributed by atoms with E-state index in [9.17, 15) is 4.79 Å². The van der Waals surface area contributed by atoms with Gasteiger partial charge in [-0.2, -0.15) is 0 Å². The van der Waals surface area contributed by atoms with E-state index in [1.54, 1.807) is 0 Å². The molecule has 0 aliphatic carbocycles. The van der Waals surface area contributed by atoms with Crippen LogP contribution in [0.5, 0.6) is 0 Å². The van der Waals surface area contributed by atoms with Crippen molar-refractivity contribution in [3.63, 3.8) is 0 Å². The Morgan fingerprint density at radius 1 is 1.26 bits per heavy atom. The second-order valence-electron chi connectivity index (χ2n) is 4.79. The van der Waals surface area contributed by atoms with Crippen LogP contribution in [0.2, 0.25) is 0 Å². The summed E-state index contributed by atoms with van der Waals surface area (Å²) < 4.78 is 4.63. The monoisotopic (exact) mass is 259 g/mol. The lowest BCUT2D eigenvalue weighted by molar-refractivity contribution is -0.139. The van der Waals surface area contributed by atoms with Crippen LogP contribution in [0.25, 0.3) is 6.08 Å². The van der Waals surface area contributed by atoms with Crippen LogP contribution in [0.15, 0.2) is 30.3 Å². The maximum Gasteiger partial charge on any atom is 0.309 e. The SMILES string of the molecule is COC(=O)CC=Cc1ccccc1N1CCCCC1. The van der Waals surface area contributed by atoms with Crippen LogP contribution < -0.4 is 4.90 Å². The molecule has 0 aromatic heterocycles. The summed E-state index contributed by atoms with van der Waals surface area (Å²) in [6.45, 7) is 2.25. The Balaban J connectivity index is 2.09. The van der Waals surface area contributed by atoms with E-state index in [1.807, 2.05) is 18.2 Å². The van der Waals surface area contributed by atoms with Crippen molar-refractivity contribution in [2.24, 2.45) is 0 Å². The lowest BCUT2D eigenvalue weighted by Gasteiger charge is -2.30. The molecule has 1 aromatic rings. The van der Waals surface area contributed by atoms with Gasteiger partial charge in [-0.3, -0.25) is 4.79 Å². The highest BCUT2D eigenvalue weighted by Gasteiger charge is 2.12. The van der Waals surface area contributed by atoms with Crippen LogP contribution in [0, 0.1) is 0 Å². The summed E-state index contributed by atoms with van der Waals surface area (Å²) in [6.07, 6.45) is 8.07. The molecule has 1 heterocycles. The standard InChI is InChI=1S/C16H21NO2/c1-19-16(18)11-7-9-14-8-3-4-10-15(14)17-12-5-2-6-13-17/h3-4,7-10H,2,5-6,11-13H2,1H3. The maximum absolute atomic E-state index is 11.1. The molecule has 1 fully saturated rings. The van der Waals surface area contributed by atoms with Gasteiger partial charge in [0.2, 0.25) is 0 Å². The fourth-order valence-corrected chi connectivity index (χ4v) is 2.42. The molecule has 0 saturated carbocycles. The van der Waals surface area contributed by atoms with E-state index >= 15 is 0 Å². The van der Waals surface area contributed by atoms with Crippen molar-refractivity contribution < 1.29 is 9.53 Å². The second-order valence-corrected chi connectivity index (χ2v) is 4.79. The van der Waals surface area contributed by atoms with Gasteiger partial charge in [-0.05, 0) is 30.9 Å². The minimum Gasteiger partial charge on any atom is -0.469 e. The first-order chi connectivity index (χ1) is 9.31. The summed E-state index contributed by atoms with van der Waals surface area (Å²) in [5.74, 6) is -0.202. The zero-order valence-electron chi connectivity index (χ0n) is 11.5.